The van der Waals surface area contributed by atoms with Crippen LogP contribution in [-0.4, -0.2) is 21.8 Å². The predicted molar refractivity (Wildman–Crippen MR) is 66.0 cm³/mol. The second kappa shape index (κ2) is 4.79. The van der Waals surface area contributed by atoms with E-state index < -0.39 is 0 Å². The van der Waals surface area contributed by atoms with Gasteiger partial charge in [-0.25, -0.2) is 0 Å². The van der Waals surface area contributed by atoms with Crippen LogP contribution >= 0.6 is 11.6 Å². The summed E-state index contributed by atoms with van der Waals surface area (Å²) < 4.78 is 0. The number of hydrogen-bond acceptors (Lipinski definition) is 4. The zero-order chi connectivity index (χ0) is 12.4. The topological polar surface area (TPSA) is 58.5 Å². The van der Waals surface area contributed by atoms with E-state index in [-0.39, 0.29) is 5.91 Å². The van der Waals surface area contributed by atoms with Crippen LogP contribution in [-0.2, 0) is 4.79 Å². The van der Waals surface area contributed by atoms with Gasteiger partial charge in [-0.3, -0.25) is 4.79 Å². The van der Waals surface area contributed by atoms with E-state index in [1.54, 1.807) is 12.1 Å². The number of carbonyl (C=O) groups is 1. The van der Waals surface area contributed by atoms with E-state index in [1.165, 1.54) is 5.01 Å². The van der Waals surface area contributed by atoms with Crippen molar-refractivity contribution in [2.24, 2.45) is 11.0 Å². The minimum absolute atomic E-state index is 0.0720. The van der Waals surface area contributed by atoms with E-state index in [0.717, 1.165) is 12.1 Å². The summed E-state index contributed by atoms with van der Waals surface area (Å²) in [5.41, 5.74) is 0.891. The molecule has 0 spiro atoms. The third-order valence-corrected chi connectivity index (χ3v) is 2.51. The van der Waals surface area contributed by atoms with Crippen molar-refractivity contribution in [1.29, 1.82) is 0 Å². The number of rotatable bonds is 3. The molecule has 1 amide bonds. The summed E-state index contributed by atoms with van der Waals surface area (Å²) in [6.45, 7) is 4.19. The molecule has 1 aromatic rings. The van der Waals surface area contributed by atoms with Crippen molar-refractivity contribution in [3.63, 3.8) is 0 Å². The molecule has 0 saturated carbocycles. The molecule has 0 saturated heterocycles. The molecule has 0 aromatic carbocycles. The Morgan fingerprint density at radius 3 is 2.76 bits per heavy atom. The number of nitrogens with zero attached hydrogens (tertiary/aromatic N) is 4. The molecule has 6 heteroatoms. The van der Waals surface area contributed by atoms with Gasteiger partial charge in [0.2, 0.25) is 0 Å². The minimum atomic E-state index is -0.0720. The average molecular weight is 253 g/mol. The van der Waals surface area contributed by atoms with Gasteiger partial charge in [-0.15, -0.1) is 10.2 Å². The lowest BCUT2D eigenvalue weighted by atomic mass is 10.1. The molecule has 0 unspecified atom stereocenters. The molecule has 1 aliphatic rings. The van der Waals surface area contributed by atoms with Crippen molar-refractivity contribution in [2.45, 2.75) is 26.7 Å². The van der Waals surface area contributed by atoms with Crippen molar-refractivity contribution < 1.29 is 4.79 Å². The molecule has 17 heavy (non-hydrogen) atoms. The van der Waals surface area contributed by atoms with E-state index in [2.05, 4.69) is 29.1 Å². The van der Waals surface area contributed by atoms with Gasteiger partial charge in [0.15, 0.2) is 11.0 Å². The van der Waals surface area contributed by atoms with E-state index in [4.69, 9.17) is 11.6 Å². The van der Waals surface area contributed by atoms with Crippen LogP contribution in [0, 0.1) is 5.92 Å². The number of amides is 1. The first-order valence-electron chi connectivity index (χ1n) is 5.45. The second-order valence-electron chi connectivity index (χ2n) is 4.36. The van der Waals surface area contributed by atoms with Crippen LogP contribution in [0.5, 0.6) is 0 Å². The molecule has 0 N–H and O–H groups in total. The van der Waals surface area contributed by atoms with Gasteiger partial charge in [0.05, 0.1) is 6.42 Å². The fourth-order valence-corrected chi connectivity index (χ4v) is 1.77. The van der Waals surface area contributed by atoms with Gasteiger partial charge in [0.25, 0.3) is 5.91 Å². The maximum absolute atomic E-state index is 11.8. The Hall–Kier alpha value is -1.49. The summed E-state index contributed by atoms with van der Waals surface area (Å²) in [6, 6.07) is 3.22. The lowest BCUT2D eigenvalue weighted by Gasteiger charge is -2.08. The van der Waals surface area contributed by atoms with Crippen LogP contribution in [0.1, 0.15) is 26.7 Å². The van der Waals surface area contributed by atoms with Crippen molar-refractivity contribution >= 4 is 29.0 Å². The number of hydrogen-bond donors (Lipinski definition) is 0. The molecule has 0 bridgehead atoms. The molecular formula is C11H13ClN4O. The second-order valence-corrected chi connectivity index (χ2v) is 4.75. The van der Waals surface area contributed by atoms with Crippen molar-refractivity contribution in [1.82, 2.24) is 10.2 Å². The molecular weight excluding hydrogens is 240 g/mol. The van der Waals surface area contributed by atoms with Crippen molar-refractivity contribution in [2.75, 3.05) is 5.01 Å². The van der Waals surface area contributed by atoms with Crippen molar-refractivity contribution in [3.05, 3.63) is 17.3 Å². The highest BCUT2D eigenvalue weighted by molar-refractivity contribution is 6.29. The first-order chi connectivity index (χ1) is 8.06. The van der Waals surface area contributed by atoms with Crippen LogP contribution in [0.3, 0.4) is 0 Å². The first-order valence-corrected chi connectivity index (χ1v) is 5.82. The van der Waals surface area contributed by atoms with Gasteiger partial charge in [0.1, 0.15) is 0 Å². The van der Waals surface area contributed by atoms with E-state index >= 15 is 0 Å². The van der Waals surface area contributed by atoms with Crippen LogP contribution < -0.4 is 5.01 Å². The van der Waals surface area contributed by atoms with Gasteiger partial charge in [0, 0.05) is 5.71 Å². The van der Waals surface area contributed by atoms with Gasteiger partial charge in [-0.1, -0.05) is 25.4 Å². The third kappa shape index (κ3) is 2.79. The molecule has 1 aromatic heterocycles. The minimum Gasteiger partial charge on any atom is -0.272 e. The Balaban J connectivity index is 2.18. The number of aromatic nitrogens is 2. The highest BCUT2D eigenvalue weighted by atomic mass is 35.5. The molecule has 5 nitrogen and oxygen atoms in total. The Labute approximate surface area is 104 Å². The molecule has 90 valence electrons. The van der Waals surface area contributed by atoms with Crippen LogP contribution in [0.2, 0.25) is 5.15 Å². The van der Waals surface area contributed by atoms with E-state index in [1.807, 2.05) is 0 Å². The van der Waals surface area contributed by atoms with Crippen LogP contribution in [0.25, 0.3) is 0 Å². The number of carbonyl (C=O) groups excluding carboxylic acids is 1. The lowest BCUT2D eigenvalue weighted by Crippen LogP contribution is -2.20. The van der Waals surface area contributed by atoms with Crippen molar-refractivity contribution in [3.8, 4) is 0 Å². The quantitative estimate of drug-likeness (QED) is 0.829. The molecule has 2 rings (SSSR count). The standard InChI is InChI=1S/C11H13ClN4O/c1-7(2)5-8-6-11(17)16(15-8)10-4-3-9(12)13-14-10/h3-4,7H,5-6H2,1-2H3. The Morgan fingerprint density at radius 2 is 2.18 bits per heavy atom. The molecule has 0 atom stereocenters. The average Bonchev–Trinajstić information content (AvgIpc) is 2.59. The number of halogens is 1. The molecule has 2 heterocycles. The summed E-state index contributed by atoms with van der Waals surface area (Å²) in [4.78, 5) is 11.8. The Kier molecular flexibility index (Phi) is 3.38. The fraction of sp³-hybridized carbons (Fsp3) is 0.455. The Bertz CT molecular complexity index is 455. The van der Waals surface area contributed by atoms with Crippen LogP contribution in [0.15, 0.2) is 17.2 Å². The van der Waals surface area contributed by atoms with Gasteiger partial charge < -0.3 is 0 Å². The molecule has 0 aliphatic carbocycles. The zero-order valence-electron chi connectivity index (χ0n) is 9.72. The number of anilines is 1. The zero-order valence-corrected chi connectivity index (χ0v) is 10.5. The lowest BCUT2D eigenvalue weighted by molar-refractivity contribution is -0.116. The van der Waals surface area contributed by atoms with E-state index in [9.17, 15) is 4.79 Å². The van der Waals surface area contributed by atoms with E-state index in [0.29, 0.717) is 23.3 Å². The number of hydrazone groups is 1. The van der Waals surface area contributed by atoms with Gasteiger partial charge in [-0.05, 0) is 24.5 Å². The summed E-state index contributed by atoms with van der Waals surface area (Å²) in [5.74, 6) is 0.827. The summed E-state index contributed by atoms with van der Waals surface area (Å²) in [5, 5.41) is 13.4. The Morgan fingerprint density at radius 1 is 1.41 bits per heavy atom. The first kappa shape index (κ1) is 12.0. The molecule has 0 radical (unpaired) electrons. The summed E-state index contributed by atoms with van der Waals surface area (Å²) in [6.07, 6.45) is 1.19. The summed E-state index contributed by atoms with van der Waals surface area (Å²) in [7, 11) is 0. The predicted octanol–water partition coefficient (Wildman–Crippen LogP) is 2.27. The maximum Gasteiger partial charge on any atom is 0.254 e. The highest BCUT2D eigenvalue weighted by Gasteiger charge is 2.26. The maximum atomic E-state index is 11.8. The molecule has 0 fully saturated rings. The van der Waals surface area contributed by atoms with Gasteiger partial charge in [-0.2, -0.15) is 10.1 Å². The molecule has 1 aliphatic heterocycles. The highest BCUT2D eigenvalue weighted by Crippen LogP contribution is 2.20. The normalized spacial score (nSPS) is 15.6. The smallest absolute Gasteiger partial charge is 0.254 e. The fourth-order valence-electron chi connectivity index (χ4n) is 1.67. The summed E-state index contributed by atoms with van der Waals surface area (Å²) >= 11 is 5.64. The largest absolute Gasteiger partial charge is 0.272 e. The van der Waals surface area contributed by atoms with Gasteiger partial charge >= 0.3 is 0 Å². The monoisotopic (exact) mass is 252 g/mol. The third-order valence-electron chi connectivity index (χ3n) is 2.31. The van der Waals surface area contributed by atoms with Crippen LogP contribution in [0.4, 0.5) is 5.82 Å². The SMILES string of the molecule is CC(C)CC1=NN(c2ccc(Cl)nn2)C(=O)C1.